The average molecular weight is 191 g/mol. The number of hydrogen-bond donors (Lipinski definition) is 1. The third-order valence-corrected chi connectivity index (χ3v) is 2.44. The Morgan fingerprint density at radius 1 is 1.43 bits per heavy atom. The molecule has 1 heterocycles. The van der Waals surface area contributed by atoms with E-state index >= 15 is 0 Å². The van der Waals surface area contributed by atoms with Crippen molar-refractivity contribution < 1.29 is 9.53 Å². The van der Waals surface area contributed by atoms with Crippen LogP contribution in [0.25, 0.3) is 0 Å². The van der Waals surface area contributed by atoms with Crippen LogP contribution in [0, 0.1) is 0 Å². The molecule has 0 radical (unpaired) electrons. The Labute approximate surface area is 82.9 Å². The summed E-state index contributed by atoms with van der Waals surface area (Å²) in [5.41, 5.74) is 6.42. The SMILES string of the molecule is CC1(C)Oc2cc(CN)ccc2C1=O. The van der Waals surface area contributed by atoms with Gasteiger partial charge in [-0.3, -0.25) is 4.79 Å². The van der Waals surface area contributed by atoms with Crippen molar-refractivity contribution >= 4 is 5.78 Å². The second-order valence-electron chi connectivity index (χ2n) is 3.98. The zero-order chi connectivity index (χ0) is 10.3. The van der Waals surface area contributed by atoms with Crippen molar-refractivity contribution in [2.75, 3.05) is 0 Å². The van der Waals surface area contributed by atoms with Crippen LogP contribution in [0.2, 0.25) is 0 Å². The molecule has 74 valence electrons. The number of fused-ring (bicyclic) bond motifs is 1. The van der Waals surface area contributed by atoms with Crippen LogP contribution < -0.4 is 10.5 Å². The first-order chi connectivity index (χ1) is 6.54. The van der Waals surface area contributed by atoms with Gasteiger partial charge in [-0.1, -0.05) is 6.07 Å². The summed E-state index contributed by atoms with van der Waals surface area (Å²) in [6, 6.07) is 5.48. The van der Waals surface area contributed by atoms with Crippen LogP contribution in [0.1, 0.15) is 29.8 Å². The molecular weight excluding hydrogens is 178 g/mol. The predicted octanol–water partition coefficient (Wildman–Crippen LogP) is 1.50. The number of ketones is 1. The van der Waals surface area contributed by atoms with E-state index in [2.05, 4.69) is 0 Å². The molecule has 3 heteroatoms. The number of hydrogen-bond acceptors (Lipinski definition) is 3. The zero-order valence-corrected chi connectivity index (χ0v) is 8.33. The quantitative estimate of drug-likeness (QED) is 0.731. The molecular formula is C11H13NO2. The van der Waals surface area contributed by atoms with E-state index in [0.717, 1.165) is 5.56 Å². The molecule has 2 N–H and O–H groups in total. The van der Waals surface area contributed by atoms with E-state index in [1.807, 2.05) is 12.1 Å². The second kappa shape index (κ2) is 2.82. The smallest absolute Gasteiger partial charge is 0.209 e. The summed E-state index contributed by atoms with van der Waals surface area (Å²) in [6.45, 7) is 4.01. The van der Waals surface area contributed by atoms with Gasteiger partial charge in [0.05, 0.1) is 5.56 Å². The number of nitrogens with two attached hydrogens (primary N) is 1. The van der Waals surface area contributed by atoms with E-state index in [-0.39, 0.29) is 5.78 Å². The van der Waals surface area contributed by atoms with Crippen LogP contribution in [-0.4, -0.2) is 11.4 Å². The van der Waals surface area contributed by atoms with Crippen molar-refractivity contribution in [3.8, 4) is 5.75 Å². The summed E-state index contributed by atoms with van der Waals surface area (Å²) < 4.78 is 5.54. The molecule has 3 nitrogen and oxygen atoms in total. The highest BCUT2D eigenvalue weighted by Crippen LogP contribution is 2.35. The summed E-state index contributed by atoms with van der Waals surface area (Å²) in [4.78, 5) is 11.8. The Morgan fingerprint density at radius 3 is 2.79 bits per heavy atom. The fourth-order valence-electron chi connectivity index (χ4n) is 1.61. The van der Waals surface area contributed by atoms with Gasteiger partial charge in [0.15, 0.2) is 5.60 Å². The molecule has 0 bridgehead atoms. The molecule has 0 spiro atoms. The van der Waals surface area contributed by atoms with Crippen molar-refractivity contribution in [1.82, 2.24) is 0 Å². The molecule has 0 fully saturated rings. The van der Waals surface area contributed by atoms with Gasteiger partial charge in [-0.2, -0.15) is 0 Å². The minimum Gasteiger partial charge on any atom is -0.479 e. The first kappa shape index (κ1) is 9.21. The van der Waals surface area contributed by atoms with E-state index in [1.54, 1.807) is 19.9 Å². The molecule has 1 aromatic carbocycles. The third kappa shape index (κ3) is 1.21. The van der Waals surface area contributed by atoms with E-state index in [9.17, 15) is 4.79 Å². The molecule has 0 aliphatic carbocycles. The van der Waals surface area contributed by atoms with Gasteiger partial charge >= 0.3 is 0 Å². The first-order valence-corrected chi connectivity index (χ1v) is 4.61. The van der Waals surface area contributed by atoms with Crippen LogP contribution in [0.3, 0.4) is 0 Å². The number of ether oxygens (including phenoxy) is 1. The van der Waals surface area contributed by atoms with Crippen LogP contribution in [-0.2, 0) is 6.54 Å². The maximum atomic E-state index is 11.8. The number of carbonyl (C=O) groups excluding carboxylic acids is 1. The molecule has 14 heavy (non-hydrogen) atoms. The molecule has 0 atom stereocenters. The first-order valence-electron chi connectivity index (χ1n) is 4.61. The number of Topliss-reactive ketones (excluding diaryl/α,β-unsaturated/α-hetero) is 1. The Bertz CT molecular complexity index is 396. The van der Waals surface area contributed by atoms with Crippen molar-refractivity contribution in [3.05, 3.63) is 29.3 Å². The van der Waals surface area contributed by atoms with E-state index in [4.69, 9.17) is 10.5 Å². The lowest BCUT2D eigenvalue weighted by Gasteiger charge is -2.15. The van der Waals surface area contributed by atoms with Crippen LogP contribution in [0.5, 0.6) is 5.75 Å². The molecule has 2 rings (SSSR count). The second-order valence-corrected chi connectivity index (χ2v) is 3.98. The Balaban J connectivity index is 2.49. The van der Waals surface area contributed by atoms with Gasteiger partial charge in [0.1, 0.15) is 5.75 Å². The standard InChI is InChI=1S/C11H13NO2/c1-11(2)10(13)8-4-3-7(6-12)5-9(8)14-11/h3-5H,6,12H2,1-2H3. The predicted molar refractivity (Wildman–Crippen MR) is 53.4 cm³/mol. The normalized spacial score (nSPS) is 17.8. The Kier molecular flexibility index (Phi) is 1.86. The average Bonchev–Trinajstić information content (AvgIpc) is 2.37. The highest BCUT2D eigenvalue weighted by atomic mass is 16.5. The van der Waals surface area contributed by atoms with E-state index in [0.29, 0.717) is 17.9 Å². The van der Waals surface area contributed by atoms with Gasteiger partial charge in [-0.05, 0) is 31.5 Å². The molecule has 0 aromatic heterocycles. The molecule has 1 aliphatic rings. The minimum absolute atomic E-state index is 0.0380. The lowest BCUT2D eigenvalue weighted by molar-refractivity contribution is 0.0684. The zero-order valence-electron chi connectivity index (χ0n) is 8.33. The summed E-state index contributed by atoms with van der Waals surface area (Å²) >= 11 is 0. The molecule has 0 saturated carbocycles. The largest absolute Gasteiger partial charge is 0.479 e. The highest BCUT2D eigenvalue weighted by Gasteiger charge is 2.39. The van der Waals surface area contributed by atoms with Crippen LogP contribution in [0.15, 0.2) is 18.2 Å². The van der Waals surface area contributed by atoms with Gasteiger partial charge in [0.2, 0.25) is 5.78 Å². The van der Waals surface area contributed by atoms with Gasteiger partial charge < -0.3 is 10.5 Å². The van der Waals surface area contributed by atoms with Gasteiger partial charge in [-0.15, -0.1) is 0 Å². The summed E-state index contributed by atoms with van der Waals surface area (Å²) in [5.74, 6) is 0.694. The van der Waals surface area contributed by atoms with E-state index < -0.39 is 5.60 Å². The fraction of sp³-hybridized carbons (Fsp3) is 0.364. The fourth-order valence-corrected chi connectivity index (χ4v) is 1.61. The van der Waals surface area contributed by atoms with Gasteiger partial charge in [-0.25, -0.2) is 0 Å². The van der Waals surface area contributed by atoms with E-state index in [1.165, 1.54) is 0 Å². The third-order valence-electron chi connectivity index (χ3n) is 2.44. The molecule has 1 aromatic rings. The van der Waals surface area contributed by atoms with Crippen LogP contribution >= 0.6 is 0 Å². The minimum atomic E-state index is -0.727. The number of rotatable bonds is 1. The lowest BCUT2D eigenvalue weighted by atomic mass is 9.99. The van der Waals surface area contributed by atoms with Crippen molar-refractivity contribution in [1.29, 1.82) is 0 Å². The monoisotopic (exact) mass is 191 g/mol. The Hall–Kier alpha value is -1.35. The summed E-state index contributed by atoms with van der Waals surface area (Å²) in [7, 11) is 0. The van der Waals surface area contributed by atoms with Gasteiger partial charge in [0, 0.05) is 6.54 Å². The number of benzene rings is 1. The van der Waals surface area contributed by atoms with Gasteiger partial charge in [0.25, 0.3) is 0 Å². The molecule has 0 unspecified atom stereocenters. The van der Waals surface area contributed by atoms with Crippen LogP contribution in [0.4, 0.5) is 0 Å². The highest BCUT2D eigenvalue weighted by molar-refractivity contribution is 6.06. The Morgan fingerprint density at radius 2 is 2.14 bits per heavy atom. The maximum absolute atomic E-state index is 11.8. The topological polar surface area (TPSA) is 52.3 Å². The van der Waals surface area contributed by atoms with Crippen molar-refractivity contribution in [2.24, 2.45) is 5.73 Å². The lowest BCUT2D eigenvalue weighted by Crippen LogP contribution is -2.31. The van der Waals surface area contributed by atoms with Crippen molar-refractivity contribution in [2.45, 2.75) is 26.0 Å². The number of carbonyl (C=O) groups is 1. The molecule has 0 amide bonds. The van der Waals surface area contributed by atoms with Crippen molar-refractivity contribution in [3.63, 3.8) is 0 Å². The molecule has 1 aliphatic heterocycles. The summed E-state index contributed by atoms with van der Waals surface area (Å²) in [5, 5.41) is 0. The summed E-state index contributed by atoms with van der Waals surface area (Å²) in [6.07, 6.45) is 0. The maximum Gasteiger partial charge on any atom is 0.209 e. The molecule has 0 saturated heterocycles.